The van der Waals surface area contributed by atoms with Crippen molar-refractivity contribution in [3.8, 4) is 40.2 Å². The minimum atomic E-state index is -3.53. The largest absolute Gasteiger partial charge is 0.464 e. The lowest BCUT2D eigenvalue weighted by Gasteiger charge is -2.25. The molecule has 7 aromatic rings. The number of hydrogen-bond donors (Lipinski definition) is 7. The van der Waals surface area contributed by atoms with Gasteiger partial charge in [0, 0.05) is 65.0 Å². The van der Waals surface area contributed by atoms with Crippen molar-refractivity contribution in [1.82, 2.24) is 9.80 Å². The Hall–Kier alpha value is -7.28. The molecule has 0 spiro atoms. The fourth-order valence-corrected chi connectivity index (χ4v) is 13.8. The third-order valence-corrected chi connectivity index (χ3v) is 21.2. The van der Waals surface area contributed by atoms with Gasteiger partial charge in [0.05, 0.1) is 123 Å². The van der Waals surface area contributed by atoms with Crippen molar-refractivity contribution in [2.75, 3.05) is 65.3 Å². The maximum Gasteiger partial charge on any atom is 0.264 e. The fourth-order valence-electron chi connectivity index (χ4n) is 11.2. The summed E-state index contributed by atoms with van der Waals surface area (Å²) in [4.78, 5) is 28.3. The zero-order chi connectivity index (χ0) is 89.1. The van der Waals surface area contributed by atoms with E-state index in [-0.39, 0.29) is 55.2 Å². The second kappa shape index (κ2) is 56.4. The Morgan fingerprint density at radius 3 is 1.01 bits per heavy atom. The van der Waals surface area contributed by atoms with E-state index in [0.29, 0.717) is 110 Å². The number of nitrogens with two attached hydrogens (primary N) is 1. The molecule has 10 atom stereocenters. The van der Waals surface area contributed by atoms with E-state index in [0.717, 1.165) is 55.4 Å². The summed E-state index contributed by atoms with van der Waals surface area (Å²) in [6, 6.07) is 35.2. The third-order valence-electron chi connectivity index (χ3n) is 18.0. The van der Waals surface area contributed by atoms with Crippen molar-refractivity contribution < 1.29 is 86.0 Å². The van der Waals surface area contributed by atoms with Gasteiger partial charge in [-0.05, 0) is 190 Å². The zero-order valence-corrected chi connectivity index (χ0v) is 75.5. The topological polar surface area (TPSA) is 296 Å². The molecule has 119 heavy (non-hydrogen) atoms. The molecule has 0 unspecified atom stereocenters. The molecule has 0 bridgehead atoms. The van der Waals surface area contributed by atoms with Gasteiger partial charge in [-0.1, -0.05) is 209 Å². The van der Waals surface area contributed by atoms with Crippen molar-refractivity contribution in [1.29, 1.82) is 0 Å². The van der Waals surface area contributed by atoms with E-state index in [1.165, 1.54) is 75.6 Å². The standard InChI is InChI=1S/C16H22ClNO2.C15H21ClN2O2.C13H17ClO5S.C13H15ClO2.C12H15ClO3.C12H13ClO3.C8H6BrClO/c1-3-20-15-7-6-13(10-14(15)17)16(19)12(2)11-18-8-4-5-9-18;1-2-20-14-6-5-11(9-12(14)16)15(19)13(17)10-18-7-3-4-8-18;1-4-18-12-6-5-10(7-11(12)14)13(15)9(2)8-19-20(3,16)17;1-4-9(3)13(15)10-6-7-12(16-5-2)11(14)8-10;2*1-3-16-11-5-4-9(6-10(11)13)12(15)8(2)7-14;1-2-11-8-4-3-6(9)5-7(8)10/h3,6-7,10,12,16,19H,1,4-5,8-9,11H2,2H3;2,5-6,9,13,15,19H,1,3-4,7-8,10,17H2;4-7,9,13,15H,1,8H2,2-3H3;5-9H,2,4H2,1,3H3;3-6,8,12,14-15H,1,7H2,2H3;3-6,8,14H,1,7H2,2H3;2-5H,1H2/t12-,16+;13-,15-;9-,13+;9-;8-,12+;8-;/m111111./s1. The van der Waals surface area contributed by atoms with Gasteiger partial charge in [-0.25, -0.2) is 0 Å². The predicted molar refractivity (Wildman–Crippen MR) is 483 cm³/mol. The van der Waals surface area contributed by atoms with E-state index in [1.807, 2.05) is 26.0 Å². The van der Waals surface area contributed by atoms with Crippen molar-refractivity contribution >= 4 is 119 Å². The van der Waals surface area contributed by atoms with Crippen LogP contribution in [0.1, 0.15) is 141 Å². The summed E-state index contributed by atoms with van der Waals surface area (Å²) in [5, 5.41) is 61.6. The van der Waals surface area contributed by atoms with Gasteiger partial charge in [0.1, 0.15) is 40.2 Å². The normalized spacial score (nSPS) is 14.7. The van der Waals surface area contributed by atoms with Gasteiger partial charge in [0.2, 0.25) is 0 Å². The smallest absolute Gasteiger partial charge is 0.264 e. The zero-order valence-electron chi connectivity index (χ0n) is 67.8. The Labute approximate surface area is 744 Å². The Morgan fingerprint density at radius 1 is 0.429 bits per heavy atom. The molecule has 0 radical (unpaired) electrons. The SMILES string of the molecule is C=COc1ccc(Br)cc1Cl.C=COc1ccc(C(=O)[C@H](C)CC)cc1Cl.C=COc1ccc(C(=O)[C@H](C)CO)cc1Cl.C=COc1ccc([C@@H](O)[C@H](C)CN2CCCC2)cc1Cl.C=COc1ccc([C@@H](O)[C@H](C)CO)cc1Cl.C=COc1ccc([C@@H](O)[C@H](C)COS(C)(=O)=O)cc1Cl.C=COc1ccc([C@@H](O)[C@H](N)CN2CCCC2)cc1Cl. The molecule has 2 heterocycles. The Bertz CT molecular complexity index is 4330. The van der Waals surface area contributed by atoms with Gasteiger partial charge < -0.3 is 79.3 Å². The molecule has 8 N–H and O–H groups in total. The van der Waals surface area contributed by atoms with Gasteiger partial charge in [0.25, 0.3) is 10.1 Å². The minimum absolute atomic E-state index is 0.0160. The van der Waals surface area contributed by atoms with Crippen LogP contribution >= 0.6 is 97.1 Å². The van der Waals surface area contributed by atoms with Gasteiger partial charge >= 0.3 is 0 Å². The monoisotopic (exact) mass is 1860 g/mol. The van der Waals surface area contributed by atoms with E-state index in [2.05, 4.69) is 82.9 Å². The molecule has 2 aliphatic rings. The average Bonchev–Trinajstić information content (AvgIpc) is 1.32. The van der Waals surface area contributed by atoms with Gasteiger partial charge in [-0.3, -0.25) is 13.8 Å². The summed E-state index contributed by atoms with van der Waals surface area (Å²) in [7, 11) is -3.53. The van der Waals surface area contributed by atoms with Crippen LogP contribution in [0.4, 0.5) is 0 Å². The first-order valence-electron chi connectivity index (χ1n) is 37.7. The molecule has 0 aliphatic carbocycles. The first-order valence-corrected chi connectivity index (χ1v) is 43.0. The number of nitrogens with zero attached hydrogens (tertiary/aromatic N) is 2. The maximum atomic E-state index is 11.9. The number of ether oxygens (including phenoxy) is 7. The highest BCUT2D eigenvalue weighted by Gasteiger charge is 2.26. The highest BCUT2D eigenvalue weighted by atomic mass is 79.9. The first kappa shape index (κ1) is 106. The maximum absolute atomic E-state index is 11.9. The number of likely N-dealkylation sites (tertiary alicyclic amines) is 2. The molecular formula is C89H109BrCl7N3O18S. The number of rotatable bonds is 36. The molecule has 0 aromatic heterocycles. The lowest BCUT2D eigenvalue weighted by molar-refractivity contribution is 0.0770. The number of ketones is 2. The molecule has 7 aromatic carbocycles. The number of aliphatic hydroxyl groups is 6. The van der Waals surface area contributed by atoms with Crippen LogP contribution in [-0.2, 0) is 14.3 Å². The van der Waals surface area contributed by atoms with Crippen LogP contribution in [0.3, 0.4) is 0 Å². The lowest BCUT2D eigenvalue weighted by Crippen LogP contribution is -2.40. The molecule has 0 saturated carbocycles. The van der Waals surface area contributed by atoms with E-state index < -0.39 is 46.4 Å². The summed E-state index contributed by atoms with van der Waals surface area (Å²) < 4.78 is 63.0. The second-order valence-electron chi connectivity index (χ2n) is 27.3. The van der Waals surface area contributed by atoms with Crippen LogP contribution in [0.25, 0.3) is 0 Å². The van der Waals surface area contributed by atoms with Gasteiger partial charge in [0.15, 0.2) is 11.6 Å². The Morgan fingerprint density at radius 2 is 0.714 bits per heavy atom. The van der Waals surface area contributed by atoms with E-state index in [4.69, 9.17) is 130 Å². The quantitative estimate of drug-likeness (QED) is 0.0109. The van der Waals surface area contributed by atoms with Crippen LogP contribution in [0, 0.1) is 29.6 Å². The number of halogens is 8. The number of carbonyl (C=O) groups excluding carboxylic acids is 2. The Kier molecular flexibility index (Phi) is 50.2. The molecule has 9 rings (SSSR count). The minimum Gasteiger partial charge on any atom is -0.464 e. The summed E-state index contributed by atoms with van der Waals surface area (Å²) in [5.41, 5.74) is 9.92. The van der Waals surface area contributed by atoms with Crippen LogP contribution in [0.2, 0.25) is 35.2 Å². The van der Waals surface area contributed by atoms with Crippen molar-refractivity contribution in [2.45, 2.75) is 104 Å². The van der Waals surface area contributed by atoms with E-state index >= 15 is 0 Å². The van der Waals surface area contributed by atoms with Crippen molar-refractivity contribution in [2.24, 2.45) is 35.3 Å². The molecule has 2 fully saturated rings. The molecular weight excluding hydrogens is 1760 g/mol. The van der Waals surface area contributed by atoms with Gasteiger partial charge in [-0.15, -0.1) is 0 Å². The second-order valence-corrected chi connectivity index (χ2v) is 32.7. The van der Waals surface area contributed by atoms with Crippen molar-refractivity contribution in [3.05, 3.63) is 290 Å². The predicted octanol–water partition coefficient (Wildman–Crippen LogP) is 21.4. The van der Waals surface area contributed by atoms with Gasteiger partial charge in [-0.2, -0.15) is 8.42 Å². The van der Waals surface area contributed by atoms with Crippen LogP contribution in [0.15, 0.2) is 222 Å². The van der Waals surface area contributed by atoms with E-state index in [9.17, 15) is 38.4 Å². The highest BCUT2D eigenvalue weighted by molar-refractivity contribution is 9.10. The molecule has 0 amide bonds. The number of aliphatic hydroxyl groups excluding tert-OH is 6. The summed E-state index contributed by atoms with van der Waals surface area (Å²) in [6.07, 6.45) is 13.0. The Balaban J connectivity index is 0.000000361. The molecule has 30 heteroatoms. The lowest BCUT2D eigenvalue weighted by atomic mass is 9.97. The van der Waals surface area contributed by atoms with Crippen molar-refractivity contribution in [3.63, 3.8) is 0 Å². The summed E-state index contributed by atoms with van der Waals surface area (Å²) in [5.74, 6) is 2.66. The summed E-state index contributed by atoms with van der Waals surface area (Å²) >= 11 is 45.1. The number of hydrogen-bond acceptors (Lipinski definition) is 21. The molecule has 2 aliphatic heterocycles. The molecule has 2 saturated heterocycles. The van der Waals surface area contributed by atoms with E-state index in [1.54, 1.807) is 130 Å². The average molecular weight is 1870 g/mol. The molecule has 21 nitrogen and oxygen atoms in total. The third kappa shape index (κ3) is 37.5. The highest BCUT2D eigenvalue weighted by Crippen LogP contribution is 2.37. The number of carbonyl (C=O) groups is 2. The molecule has 650 valence electrons. The first-order chi connectivity index (χ1) is 56.5. The van der Waals surface area contributed by atoms with Crippen LogP contribution in [-0.4, -0.2) is 132 Å². The van der Waals surface area contributed by atoms with Crippen LogP contribution < -0.4 is 38.9 Å². The fraction of sp³-hybridized carbons (Fsp3) is 0.348. The summed E-state index contributed by atoms with van der Waals surface area (Å²) in [6.45, 7) is 40.9. The number of Topliss-reactive ketones (excluding diaryl/α,β-unsaturated/α-hetero) is 2. The van der Waals surface area contributed by atoms with Crippen LogP contribution in [0.5, 0.6) is 40.2 Å². The number of benzene rings is 7.